The van der Waals surface area contributed by atoms with Crippen molar-refractivity contribution in [2.75, 3.05) is 13.2 Å². The van der Waals surface area contributed by atoms with Gasteiger partial charge >= 0.3 is 0 Å². The Bertz CT molecular complexity index is 387. The third-order valence-electron chi connectivity index (χ3n) is 2.34. The fourth-order valence-corrected chi connectivity index (χ4v) is 1.41. The van der Waals surface area contributed by atoms with E-state index in [1.807, 2.05) is 0 Å². The van der Waals surface area contributed by atoms with Gasteiger partial charge in [-0.2, -0.15) is 21.0 Å². The first-order chi connectivity index (χ1) is 8.63. The summed E-state index contributed by atoms with van der Waals surface area (Å²) in [5.74, 6) is -1.34. The van der Waals surface area contributed by atoms with Gasteiger partial charge in [-0.15, -0.1) is 0 Å². The third-order valence-corrected chi connectivity index (χ3v) is 2.34. The van der Waals surface area contributed by atoms with Crippen LogP contribution in [0.5, 0.6) is 0 Å². The summed E-state index contributed by atoms with van der Waals surface area (Å²) < 4.78 is 10.5. The molecule has 6 heteroatoms. The van der Waals surface area contributed by atoms with Crippen LogP contribution < -0.4 is 0 Å². The molecular weight excluding hydrogens is 232 g/mol. The molecule has 0 rings (SSSR count). The molecule has 0 amide bonds. The Morgan fingerprint density at radius 3 is 1.67 bits per heavy atom. The van der Waals surface area contributed by atoms with Gasteiger partial charge in [0, 0.05) is 19.6 Å². The zero-order chi connectivity index (χ0) is 14.0. The van der Waals surface area contributed by atoms with Crippen LogP contribution >= 0.6 is 0 Å². The molecule has 0 spiro atoms. The van der Waals surface area contributed by atoms with Crippen molar-refractivity contribution in [2.45, 2.75) is 26.6 Å². The van der Waals surface area contributed by atoms with Gasteiger partial charge in [-0.25, -0.2) is 0 Å². The van der Waals surface area contributed by atoms with E-state index in [1.165, 1.54) is 0 Å². The van der Waals surface area contributed by atoms with Gasteiger partial charge < -0.3 is 9.47 Å². The molecule has 0 unspecified atom stereocenters. The number of rotatable bonds is 7. The van der Waals surface area contributed by atoms with Gasteiger partial charge in [-0.3, -0.25) is 0 Å². The van der Waals surface area contributed by atoms with Crippen molar-refractivity contribution in [3.05, 3.63) is 0 Å². The Kier molecular flexibility index (Phi) is 7.10. The predicted molar refractivity (Wildman–Crippen MR) is 60.0 cm³/mol. The Balaban J connectivity index is 5.15. The fourth-order valence-electron chi connectivity index (χ4n) is 1.41. The van der Waals surface area contributed by atoms with Gasteiger partial charge in [0.2, 0.25) is 0 Å². The van der Waals surface area contributed by atoms with E-state index in [1.54, 1.807) is 38.1 Å². The van der Waals surface area contributed by atoms with Crippen LogP contribution in [0.15, 0.2) is 0 Å². The SMILES string of the molecule is CCOC(CC(C#N)(C#N)C(C#N)C#N)OCC. The number of nitrogens with zero attached hydrogens (tertiary/aromatic N) is 4. The standard InChI is InChI=1S/C12H14N4O2/c1-3-17-11(18-4-2)5-12(8-15,9-16)10(6-13)7-14/h10-11H,3-5H2,1-2H3. The van der Waals surface area contributed by atoms with Gasteiger partial charge in [-0.1, -0.05) is 0 Å². The normalized spacial score (nSPS) is 10.4. The van der Waals surface area contributed by atoms with Gasteiger partial charge in [0.05, 0.1) is 24.3 Å². The summed E-state index contributed by atoms with van der Waals surface area (Å²) in [7, 11) is 0. The Morgan fingerprint density at radius 2 is 1.39 bits per heavy atom. The Labute approximate surface area is 107 Å². The van der Waals surface area contributed by atoms with E-state index < -0.39 is 17.6 Å². The number of ether oxygens (including phenoxy) is 2. The summed E-state index contributed by atoms with van der Waals surface area (Å²) in [5.41, 5.74) is -1.74. The molecule has 0 aromatic rings. The minimum Gasteiger partial charge on any atom is -0.353 e. The molecule has 0 aliphatic carbocycles. The quantitative estimate of drug-likeness (QED) is 0.628. The van der Waals surface area contributed by atoms with Crippen molar-refractivity contribution in [1.29, 1.82) is 21.0 Å². The van der Waals surface area contributed by atoms with E-state index in [0.29, 0.717) is 13.2 Å². The van der Waals surface area contributed by atoms with E-state index in [2.05, 4.69) is 0 Å². The van der Waals surface area contributed by atoms with E-state index in [0.717, 1.165) is 0 Å². The molecule has 94 valence electrons. The van der Waals surface area contributed by atoms with Gasteiger partial charge in [0.25, 0.3) is 0 Å². The first kappa shape index (κ1) is 15.9. The first-order valence-electron chi connectivity index (χ1n) is 5.49. The second-order valence-electron chi connectivity index (χ2n) is 3.43. The molecular formula is C12H14N4O2. The van der Waals surface area contributed by atoms with Gasteiger partial charge in [0.1, 0.15) is 0 Å². The predicted octanol–water partition coefficient (Wildman–Crippen LogP) is 1.47. The van der Waals surface area contributed by atoms with Crippen molar-refractivity contribution >= 4 is 0 Å². The van der Waals surface area contributed by atoms with Crippen LogP contribution in [0.3, 0.4) is 0 Å². The van der Waals surface area contributed by atoms with Crippen molar-refractivity contribution in [3.63, 3.8) is 0 Å². The fraction of sp³-hybridized carbons (Fsp3) is 0.667. The summed E-state index contributed by atoms with van der Waals surface area (Å²) in [4.78, 5) is 0. The van der Waals surface area contributed by atoms with E-state index in [-0.39, 0.29) is 6.42 Å². The van der Waals surface area contributed by atoms with Crippen LogP contribution in [0.4, 0.5) is 0 Å². The van der Waals surface area contributed by atoms with Crippen molar-refractivity contribution in [1.82, 2.24) is 0 Å². The van der Waals surface area contributed by atoms with Crippen LogP contribution in [0.2, 0.25) is 0 Å². The molecule has 0 heterocycles. The lowest BCUT2D eigenvalue weighted by Gasteiger charge is -2.25. The molecule has 0 aromatic heterocycles. The van der Waals surface area contributed by atoms with E-state index in [4.69, 9.17) is 30.5 Å². The van der Waals surface area contributed by atoms with Crippen molar-refractivity contribution in [2.24, 2.45) is 11.3 Å². The van der Waals surface area contributed by atoms with Crippen LogP contribution in [-0.2, 0) is 9.47 Å². The zero-order valence-electron chi connectivity index (χ0n) is 10.4. The lowest BCUT2D eigenvalue weighted by molar-refractivity contribution is -0.148. The molecule has 6 nitrogen and oxygen atoms in total. The summed E-state index contributed by atoms with van der Waals surface area (Å²) in [6.45, 7) is 4.19. The van der Waals surface area contributed by atoms with Gasteiger partial charge in [-0.05, 0) is 13.8 Å². The minimum absolute atomic E-state index is 0.131. The molecule has 0 radical (unpaired) electrons. The van der Waals surface area contributed by atoms with Crippen molar-refractivity contribution in [3.8, 4) is 24.3 Å². The zero-order valence-corrected chi connectivity index (χ0v) is 10.4. The molecule has 0 bridgehead atoms. The van der Waals surface area contributed by atoms with Crippen LogP contribution in [-0.4, -0.2) is 19.5 Å². The summed E-state index contributed by atoms with van der Waals surface area (Å²) in [6.07, 6.45) is -0.906. The molecule has 0 aliphatic rings. The largest absolute Gasteiger partial charge is 0.353 e. The smallest absolute Gasteiger partial charge is 0.177 e. The second-order valence-corrected chi connectivity index (χ2v) is 3.43. The number of hydrogen-bond donors (Lipinski definition) is 0. The average Bonchev–Trinajstić information content (AvgIpc) is 2.39. The molecule has 0 saturated heterocycles. The maximum atomic E-state index is 9.11. The van der Waals surface area contributed by atoms with Crippen LogP contribution in [0, 0.1) is 56.7 Å². The van der Waals surface area contributed by atoms with Gasteiger partial charge in [0.15, 0.2) is 17.6 Å². The lowest BCUT2D eigenvalue weighted by Crippen LogP contribution is -2.33. The molecule has 0 N–H and O–H groups in total. The summed E-state index contributed by atoms with van der Waals surface area (Å²) in [6, 6.07) is 6.83. The average molecular weight is 246 g/mol. The highest BCUT2D eigenvalue weighted by atomic mass is 16.7. The van der Waals surface area contributed by atoms with Crippen molar-refractivity contribution < 1.29 is 9.47 Å². The van der Waals surface area contributed by atoms with Crippen LogP contribution in [0.1, 0.15) is 20.3 Å². The van der Waals surface area contributed by atoms with E-state index in [9.17, 15) is 0 Å². The number of hydrogen-bond acceptors (Lipinski definition) is 6. The topological polar surface area (TPSA) is 114 Å². The summed E-state index contributed by atoms with van der Waals surface area (Å²) >= 11 is 0. The lowest BCUT2D eigenvalue weighted by atomic mass is 9.76. The minimum atomic E-state index is -1.74. The molecule has 0 aromatic carbocycles. The highest BCUT2D eigenvalue weighted by molar-refractivity contribution is 5.26. The Morgan fingerprint density at radius 1 is 0.944 bits per heavy atom. The molecule has 0 aliphatic heterocycles. The molecule has 0 atom stereocenters. The molecule has 0 saturated carbocycles. The highest BCUT2D eigenvalue weighted by Crippen LogP contribution is 2.32. The van der Waals surface area contributed by atoms with Crippen LogP contribution in [0.25, 0.3) is 0 Å². The van der Waals surface area contributed by atoms with E-state index >= 15 is 0 Å². The second kappa shape index (κ2) is 8.04. The third kappa shape index (κ3) is 3.72. The first-order valence-corrected chi connectivity index (χ1v) is 5.49. The monoisotopic (exact) mass is 246 g/mol. The highest BCUT2D eigenvalue weighted by Gasteiger charge is 2.43. The Hall–Kier alpha value is -2.12. The summed E-state index contributed by atoms with van der Waals surface area (Å²) in [5, 5.41) is 35.9. The molecule has 0 fully saturated rings. The maximum absolute atomic E-state index is 9.11. The molecule has 18 heavy (non-hydrogen) atoms. The maximum Gasteiger partial charge on any atom is 0.177 e. The number of nitriles is 4.